The highest BCUT2D eigenvalue weighted by atomic mass is 19.3. The lowest BCUT2D eigenvalue weighted by molar-refractivity contribution is -0.282. The topological polar surface area (TPSA) is 136 Å². The molecule has 1 N–H and O–H groups in total. The summed E-state index contributed by atoms with van der Waals surface area (Å²) in [5.74, 6) is -9.38. The standard InChI is InChI=1S/C34H51F2N3O9/c1-11-15-44-26-18(4)24-19(5)28-33(8,48-32(43)39(28)14-13-37-24)23(12-2)46-31(42)34(35,36)29(41)21(7)27(20(26)6)47-30-25(40)22(38(9)10)16-17(3)45-30/h1,17-23,25-28,30,40H,12-16H2,2-10H3/t17-,18+,19+,20+,21-,22+,23-,25-,26+,27+,28?,30+,33-/m1/s1. The van der Waals surface area contributed by atoms with Gasteiger partial charge in [0.15, 0.2) is 11.9 Å². The lowest BCUT2D eigenvalue weighted by Crippen LogP contribution is -2.60. The van der Waals surface area contributed by atoms with Crippen LogP contribution >= 0.6 is 0 Å². The molecule has 4 heterocycles. The molecule has 270 valence electrons. The number of carbonyl (C=O) groups is 3. The quantitative estimate of drug-likeness (QED) is 0.253. The normalized spacial score (nSPS) is 42.3. The third kappa shape index (κ3) is 6.86. The van der Waals surface area contributed by atoms with Crippen LogP contribution in [-0.4, -0.2) is 133 Å². The number of fused-ring (bicyclic) bond motifs is 1. The fourth-order valence-corrected chi connectivity index (χ4v) is 8.24. The van der Waals surface area contributed by atoms with Crippen molar-refractivity contribution in [1.29, 1.82) is 0 Å². The number of aliphatic imine (C=N–C) groups is 1. The Balaban J connectivity index is 1.87. The Morgan fingerprint density at radius 2 is 1.77 bits per heavy atom. The van der Waals surface area contributed by atoms with Crippen molar-refractivity contribution in [3.63, 3.8) is 0 Å². The maximum absolute atomic E-state index is 16.0. The van der Waals surface area contributed by atoms with Gasteiger partial charge in [0.05, 0.1) is 30.9 Å². The van der Waals surface area contributed by atoms with Gasteiger partial charge in [-0.25, -0.2) is 9.59 Å². The van der Waals surface area contributed by atoms with Crippen molar-refractivity contribution < 1.29 is 52.0 Å². The molecule has 0 radical (unpaired) electrons. The zero-order valence-electron chi connectivity index (χ0n) is 29.4. The highest BCUT2D eigenvalue weighted by Crippen LogP contribution is 2.44. The number of halogens is 2. The second-order valence-corrected chi connectivity index (χ2v) is 14.1. The van der Waals surface area contributed by atoms with Crippen LogP contribution in [0.25, 0.3) is 0 Å². The maximum Gasteiger partial charge on any atom is 0.410 e. The van der Waals surface area contributed by atoms with Crippen LogP contribution in [-0.2, 0) is 33.3 Å². The molecule has 3 fully saturated rings. The SMILES string of the molecule is C#CCO[C@@H]1[C@H](C)[C@H](O[C@@H]2O[C@H](C)C[C@H](N(C)C)[C@H]2O)[C@@H](C)C(=O)C(F)(F)C(=O)O[C@H](CC)[C@@]2(C)OC(=O)N3CCN=C([C@H](C)C32)[C@@H]1C. The van der Waals surface area contributed by atoms with Crippen LogP contribution in [0.4, 0.5) is 13.6 Å². The second-order valence-electron chi connectivity index (χ2n) is 14.1. The maximum atomic E-state index is 16.0. The average Bonchev–Trinajstić information content (AvgIpc) is 3.15. The van der Waals surface area contributed by atoms with Gasteiger partial charge in [0.2, 0.25) is 5.78 Å². The van der Waals surface area contributed by atoms with E-state index in [2.05, 4.69) is 5.92 Å². The summed E-state index contributed by atoms with van der Waals surface area (Å²) >= 11 is 0. The number of nitrogens with zero attached hydrogens (tertiary/aromatic N) is 3. The Morgan fingerprint density at radius 1 is 1.10 bits per heavy atom. The number of likely N-dealkylation sites (N-methyl/N-ethyl adjacent to an activating group) is 1. The number of ether oxygens (including phenoxy) is 5. The minimum atomic E-state index is -4.59. The van der Waals surface area contributed by atoms with Gasteiger partial charge in [-0.2, -0.15) is 8.78 Å². The van der Waals surface area contributed by atoms with Crippen molar-refractivity contribution in [1.82, 2.24) is 9.80 Å². The van der Waals surface area contributed by atoms with Gasteiger partial charge in [-0.05, 0) is 40.8 Å². The minimum absolute atomic E-state index is 0.0211. The van der Waals surface area contributed by atoms with E-state index in [1.54, 1.807) is 41.8 Å². The number of hydrogen-bond acceptors (Lipinski definition) is 11. The van der Waals surface area contributed by atoms with Crippen LogP contribution in [0.5, 0.6) is 0 Å². The largest absolute Gasteiger partial charge is 0.453 e. The lowest BCUT2D eigenvalue weighted by Gasteiger charge is -2.45. The molecule has 2 bridgehead atoms. The van der Waals surface area contributed by atoms with Gasteiger partial charge in [-0.1, -0.05) is 40.5 Å². The van der Waals surface area contributed by atoms with E-state index in [1.165, 1.54) is 11.8 Å². The minimum Gasteiger partial charge on any atom is -0.453 e. The van der Waals surface area contributed by atoms with Gasteiger partial charge >= 0.3 is 18.0 Å². The first kappa shape index (κ1) is 38.1. The first-order chi connectivity index (χ1) is 22.4. The van der Waals surface area contributed by atoms with Crippen molar-refractivity contribution >= 4 is 23.6 Å². The number of amides is 1. The molecule has 4 aliphatic rings. The van der Waals surface area contributed by atoms with E-state index in [-0.39, 0.29) is 38.3 Å². The molecule has 0 spiro atoms. The van der Waals surface area contributed by atoms with Crippen molar-refractivity contribution in [2.45, 2.75) is 122 Å². The number of ketones is 1. The third-order valence-electron chi connectivity index (χ3n) is 10.7. The summed E-state index contributed by atoms with van der Waals surface area (Å²) in [6.07, 6.45) is -0.907. The van der Waals surface area contributed by atoms with E-state index < -0.39 is 89.8 Å². The summed E-state index contributed by atoms with van der Waals surface area (Å²) in [4.78, 5) is 48.4. The van der Waals surface area contributed by atoms with E-state index >= 15 is 8.78 Å². The Labute approximate surface area is 281 Å². The molecule has 12 nitrogen and oxygen atoms in total. The first-order valence-corrected chi connectivity index (χ1v) is 16.8. The smallest absolute Gasteiger partial charge is 0.410 e. The van der Waals surface area contributed by atoms with Gasteiger partial charge in [-0.15, -0.1) is 6.42 Å². The number of carbonyl (C=O) groups excluding carboxylic acids is 3. The fraction of sp³-hybridized carbons (Fsp3) is 0.824. The summed E-state index contributed by atoms with van der Waals surface area (Å²) in [6, 6.07) is -1.13. The van der Waals surface area contributed by atoms with Crippen LogP contribution in [0, 0.1) is 36.0 Å². The molecule has 48 heavy (non-hydrogen) atoms. The number of alkyl halides is 2. The van der Waals surface area contributed by atoms with Crippen LogP contribution in [0.2, 0.25) is 0 Å². The summed E-state index contributed by atoms with van der Waals surface area (Å²) in [5.41, 5.74) is -0.876. The lowest BCUT2D eigenvalue weighted by atomic mass is 9.73. The molecular formula is C34H51F2N3O9. The van der Waals surface area contributed by atoms with Gasteiger partial charge in [-0.3, -0.25) is 14.7 Å². The molecule has 3 saturated heterocycles. The van der Waals surface area contributed by atoms with Crippen LogP contribution in [0.15, 0.2) is 4.99 Å². The number of terminal acetylenes is 1. The third-order valence-corrected chi connectivity index (χ3v) is 10.7. The van der Waals surface area contributed by atoms with Crippen LogP contribution in [0.3, 0.4) is 0 Å². The number of cyclic esters (lactones) is 1. The number of Topliss-reactive ketones (excluding diaryl/α,β-unsaturated/α-hetero) is 1. The summed E-state index contributed by atoms with van der Waals surface area (Å²) in [6.45, 7) is 11.9. The molecular weight excluding hydrogens is 632 g/mol. The molecule has 14 heteroatoms. The van der Waals surface area contributed by atoms with Crippen LogP contribution < -0.4 is 0 Å². The molecule has 0 saturated carbocycles. The Morgan fingerprint density at radius 3 is 2.38 bits per heavy atom. The molecule has 0 aromatic rings. The number of aliphatic hydroxyl groups excluding tert-OH is 1. The molecule has 0 aliphatic carbocycles. The molecule has 4 rings (SSSR count). The Hall–Kier alpha value is -2.70. The highest BCUT2D eigenvalue weighted by Gasteiger charge is 2.62. The van der Waals surface area contributed by atoms with Gasteiger partial charge < -0.3 is 33.7 Å². The number of rotatable bonds is 6. The monoisotopic (exact) mass is 683 g/mol. The van der Waals surface area contributed by atoms with E-state index in [4.69, 9.17) is 35.1 Å². The molecule has 0 aromatic carbocycles. The van der Waals surface area contributed by atoms with E-state index in [0.29, 0.717) is 12.1 Å². The van der Waals surface area contributed by atoms with E-state index in [9.17, 15) is 19.5 Å². The second kappa shape index (κ2) is 14.6. The van der Waals surface area contributed by atoms with E-state index in [1.807, 2.05) is 18.7 Å². The fourth-order valence-electron chi connectivity index (χ4n) is 8.24. The summed E-state index contributed by atoms with van der Waals surface area (Å²) < 4.78 is 61.7. The summed E-state index contributed by atoms with van der Waals surface area (Å²) in [5, 5.41) is 11.3. The van der Waals surface area contributed by atoms with Crippen molar-refractivity contribution in [2.75, 3.05) is 33.8 Å². The van der Waals surface area contributed by atoms with Gasteiger partial charge in [0.25, 0.3) is 0 Å². The molecule has 0 aromatic heterocycles. The van der Waals surface area contributed by atoms with Gasteiger partial charge in [0.1, 0.15) is 18.8 Å². The number of hydrogen-bond donors (Lipinski definition) is 1. The first-order valence-electron chi connectivity index (χ1n) is 16.8. The van der Waals surface area contributed by atoms with Crippen LogP contribution in [0.1, 0.15) is 61.3 Å². The van der Waals surface area contributed by atoms with Crippen molar-refractivity contribution in [3.05, 3.63) is 0 Å². The zero-order valence-corrected chi connectivity index (χ0v) is 29.4. The predicted octanol–water partition coefficient (Wildman–Crippen LogP) is 2.93. The Kier molecular flexibility index (Phi) is 11.6. The molecule has 13 atom stereocenters. The molecule has 1 amide bonds. The van der Waals surface area contributed by atoms with Crippen molar-refractivity contribution in [2.24, 2.45) is 28.7 Å². The Bertz CT molecular complexity index is 1290. The van der Waals surface area contributed by atoms with Crippen molar-refractivity contribution in [3.8, 4) is 12.3 Å². The predicted molar refractivity (Wildman–Crippen MR) is 170 cm³/mol. The number of esters is 1. The summed E-state index contributed by atoms with van der Waals surface area (Å²) in [7, 11) is 3.59. The molecule has 1 unspecified atom stereocenters. The zero-order chi connectivity index (χ0) is 35.9. The number of aliphatic hydroxyl groups is 1. The highest BCUT2D eigenvalue weighted by molar-refractivity contribution is 6.06. The van der Waals surface area contributed by atoms with E-state index in [0.717, 1.165) is 0 Å². The average molecular weight is 684 g/mol. The van der Waals surface area contributed by atoms with Gasteiger partial charge in [0, 0.05) is 42.0 Å². The molecule has 4 aliphatic heterocycles.